The molecule has 2 aromatic rings. The van der Waals surface area contributed by atoms with Gasteiger partial charge in [-0.2, -0.15) is 0 Å². The smallest absolute Gasteiger partial charge is 0.275 e. The first-order valence-electron chi connectivity index (χ1n) is 9.41. The van der Waals surface area contributed by atoms with Gasteiger partial charge in [-0.15, -0.1) is 0 Å². The van der Waals surface area contributed by atoms with Crippen molar-refractivity contribution in [2.75, 3.05) is 39.3 Å². The summed E-state index contributed by atoms with van der Waals surface area (Å²) in [4.78, 5) is 15.2. The molecule has 4 nitrogen and oxygen atoms in total. The number of hydrogen-bond acceptors (Lipinski definition) is 1. The number of halogens is 1. The lowest BCUT2D eigenvalue weighted by Crippen LogP contribution is -3.28. The van der Waals surface area contributed by atoms with Crippen LogP contribution in [0.3, 0.4) is 0 Å². The molecule has 0 bridgehead atoms. The largest absolute Gasteiger partial charge is 0.351 e. The molecule has 1 saturated heterocycles. The lowest BCUT2D eigenvalue weighted by atomic mass is 10.1. The number of benzene rings is 2. The van der Waals surface area contributed by atoms with Crippen LogP contribution in [0, 0.1) is 0 Å². The van der Waals surface area contributed by atoms with Crippen LogP contribution < -0.4 is 15.1 Å². The van der Waals surface area contributed by atoms with Gasteiger partial charge in [0, 0.05) is 17.1 Å². The van der Waals surface area contributed by atoms with E-state index in [1.807, 2.05) is 24.3 Å². The van der Waals surface area contributed by atoms with Crippen LogP contribution in [0.25, 0.3) is 0 Å². The molecule has 5 heteroatoms. The monoisotopic (exact) mass is 373 g/mol. The summed E-state index contributed by atoms with van der Waals surface area (Å²) in [6.45, 7) is 6.73. The van der Waals surface area contributed by atoms with Gasteiger partial charge in [0.1, 0.15) is 32.7 Å². The van der Waals surface area contributed by atoms with Crippen LogP contribution in [-0.4, -0.2) is 45.2 Å². The summed E-state index contributed by atoms with van der Waals surface area (Å²) in [5, 5.41) is 3.79. The van der Waals surface area contributed by atoms with Gasteiger partial charge in [-0.1, -0.05) is 54.1 Å². The Labute approximate surface area is 160 Å². The van der Waals surface area contributed by atoms with E-state index in [4.69, 9.17) is 11.6 Å². The SMILES string of the molecule is O=C(C[NH+]1CC[NH+](Cc2ccccc2)CC1)NCCc1ccc(Cl)cc1. The highest BCUT2D eigenvalue weighted by Gasteiger charge is 2.24. The number of rotatable bonds is 7. The molecular weight excluding hydrogens is 346 g/mol. The van der Waals surface area contributed by atoms with Crippen LogP contribution in [0.2, 0.25) is 5.02 Å². The van der Waals surface area contributed by atoms with Crippen LogP contribution in [0.5, 0.6) is 0 Å². The van der Waals surface area contributed by atoms with Crippen molar-refractivity contribution < 1.29 is 14.6 Å². The van der Waals surface area contributed by atoms with Crippen molar-refractivity contribution >= 4 is 17.5 Å². The summed E-state index contributed by atoms with van der Waals surface area (Å²) in [5.74, 6) is 0.153. The van der Waals surface area contributed by atoms with Crippen molar-refractivity contribution in [1.82, 2.24) is 5.32 Å². The van der Waals surface area contributed by atoms with Crippen LogP contribution in [0.1, 0.15) is 11.1 Å². The molecule has 2 aromatic carbocycles. The zero-order valence-corrected chi connectivity index (χ0v) is 15.9. The average molecular weight is 374 g/mol. The Hall–Kier alpha value is -1.88. The van der Waals surface area contributed by atoms with Crippen LogP contribution in [-0.2, 0) is 17.8 Å². The van der Waals surface area contributed by atoms with E-state index in [1.165, 1.54) is 16.0 Å². The Morgan fingerprint density at radius 2 is 1.54 bits per heavy atom. The van der Waals surface area contributed by atoms with E-state index in [-0.39, 0.29) is 5.91 Å². The first-order chi connectivity index (χ1) is 12.7. The van der Waals surface area contributed by atoms with Gasteiger partial charge >= 0.3 is 0 Å². The molecule has 1 amide bonds. The summed E-state index contributed by atoms with van der Waals surface area (Å²) in [5.41, 5.74) is 2.59. The van der Waals surface area contributed by atoms with E-state index in [2.05, 4.69) is 35.6 Å². The third-order valence-electron chi connectivity index (χ3n) is 5.02. The predicted molar refractivity (Wildman–Crippen MR) is 105 cm³/mol. The second-order valence-electron chi connectivity index (χ2n) is 7.07. The van der Waals surface area contributed by atoms with Gasteiger partial charge in [0.05, 0.1) is 0 Å². The molecule has 0 unspecified atom stereocenters. The fourth-order valence-electron chi connectivity index (χ4n) is 3.48. The molecule has 138 valence electrons. The van der Waals surface area contributed by atoms with Gasteiger partial charge < -0.3 is 15.1 Å². The molecule has 0 saturated carbocycles. The number of carbonyl (C=O) groups is 1. The Bertz CT molecular complexity index is 682. The Balaban J connectivity index is 1.32. The number of carbonyl (C=O) groups excluding carboxylic acids is 1. The van der Waals surface area contributed by atoms with Crippen molar-refractivity contribution in [3.05, 3.63) is 70.7 Å². The normalized spacial score (nSPS) is 19.9. The van der Waals surface area contributed by atoms with Gasteiger partial charge in [0.2, 0.25) is 0 Å². The Kier molecular flexibility index (Phi) is 7.06. The highest BCUT2D eigenvalue weighted by atomic mass is 35.5. The molecule has 26 heavy (non-hydrogen) atoms. The average Bonchev–Trinajstić information content (AvgIpc) is 2.66. The number of hydrogen-bond donors (Lipinski definition) is 3. The highest BCUT2D eigenvalue weighted by Crippen LogP contribution is 2.09. The van der Waals surface area contributed by atoms with Gasteiger partial charge in [-0.05, 0) is 24.1 Å². The van der Waals surface area contributed by atoms with Crippen molar-refractivity contribution in [3.8, 4) is 0 Å². The fraction of sp³-hybridized carbons (Fsp3) is 0.381. The molecule has 1 heterocycles. The van der Waals surface area contributed by atoms with Crippen LogP contribution in [0.4, 0.5) is 0 Å². The molecule has 1 aliphatic rings. The molecule has 1 fully saturated rings. The summed E-state index contributed by atoms with van der Waals surface area (Å²) in [6, 6.07) is 18.5. The number of nitrogens with one attached hydrogen (secondary N) is 3. The Morgan fingerprint density at radius 3 is 2.23 bits per heavy atom. The minimum absolute atomic E-state index is 0.153. The fourth-order valence-corrected chi connectivity index (χ4v) is 3.61. The molecule has 0 aromatic heterocycles. The van der Waals surface area contributed by atoms with Gasteiger partial charge in [-0.3, -0.25) is 4.79 Å². The minimum Gasteiger partial charge on any atom is -0.351 e. The number of quaternary nitrogens is 2. The van der Waals surface area contributed by atoms with E-state index in [0.717, 1.165) is 44.2 Å². The molecule has 0 radical (unpaired) electrons. The summed E-state index contributed by atoms with van der Waals surface area (Å²) < 4.78 is 0. The van der Waals surface area contributed by atoms with E-state index in [9.17, 15) is 4.79 Å². The summed E-state index contributed by atoms with van der Waals surface area (Å²) in [7, 11) is 0. The van der Waals surface area contributed by atoms with E-state index >= 15 is 0 Å². The number of piperazine rings is 1. The standard InChI is InChI=1S/C21H26ClN3O/c22-20-8-6-18(7-9-20)10-11-23-21(26)17-25-14-12-24(13-15-25)16-19-4-2-1-3-5-19/h1-9H,10-17H2,(H,23,26)/p+2. The zero-order valence-electron chi connectivity index (χ0n) is 15.1. The van der Waals surface area contributed by atoms with Crippen LogP contribution in [0.15, 0.2) is 54.6 Å². The third-order valence-corrected chi connectivity index (χ3v) is 5.27. The molecule has 0 aliphatic carbocycles. The maximum absolute atomic E-state index is 12.2. The Morgan fingerprint density at radius 1 is 0.885 bits per heavy atom. The first-order valence-corrected chi connectivity index (χ1v) is 9.79. The first kappa shape index (κ1) is 18.9. The zero-order chi connectivity index (χ0) is 18.2. The second-order valence-corrected chi connectivity index (χ2v) is 7.50. The van der Waals surface area contributed by atoms with Crippen molar-refractivity contribution in [3.63, 3.8) is 0 Å². The maximum atomic E-state index is 12.2. The van der Waals surface area contributed by atoms with Crippen molar-refractivity contribution in [2.45, 2.75) is 13.0 Å². The van der Waals surface area contributed by atoms with E-state index < -0.39 is 0 Å². The lowest BCUT2D eigenvalue weighted by molar-refractivity contribution is -1.02. The molecule has 0 atom stereocenters. The lowest BCUT2D eigenvalue weighted by Gasteiger charge is -2.29. The molecular formula is C21H28ClN3O+2. The third kappa shape index (κ3) is 6.13. The second kappa shape index (κ2) is 9.72. The van der Waals surface area contributed by atoms with Crippen LogP contribution >= 0.6 is 11.6 Å². The van der Waals surface area contributed by atoms with Gasteiger partial charge in [0.15, 0.2) is 6.54 Å². The molecule has 3 rings (SSSR count). The molecule has 3 N–H and O–H groups in total. The van der Waals surface area contributed by atoms with Crippen molar-refractivity contribution in [2.24, 2.45) is 0 Å². The van der Waals surface area contributed by atoms with E-state index in [0.29, 0.717) is 13.1 Å². The predicted octanol–water partition coefficient (Wildman–Crippen LogP) is -0.0177. The number of amides is 1. The summed E-state index contributed by atoms with van der Waals surface area (Å²) >= 11 is 5.89. The highest BCUT2D eigenvalue weighted by molar-refractivity contribution is 6.30. The topological polar surface area (TPSA) is 38.0 Å². The minimum atomic E-state index is 0.153. The van der Waals surface area contributed by atoms with E-state index in [1.54, 1.807) is 4.90 Å². The molecule has 0 spiro atoms. The quantitative estimate of drug-likeness (QED) is 0.627. The maximum Gasteiger partial charge on any atom is 0.275 e. The van der Waals surface area contributed by atoms with Gasteiger partial charge in [-0.25, -0.2) is 0 Å². The van der Waals surface area contributed by atoms with Crippen molar-refractivity contribution in [1.29, 1.82) is 0 Å². The molecule has 1 aliphatic heterocycles. The van der Waals surface area contributed by atoms with Gasteiger partial charge in [0.25, 0.3) is 5.91 Å². The summed E-state index contributed by atoms with van der Waals surface area (Å²) in [6.07, 6.45) is 0.841.